The molecule has 0 radical (unpaired) electrons. The number of hydrogen-bond acceptors (Lipinski definition) is 4. The normalized spacial score (nSPS) is 18.2. The summed E-state index contributed by atoms with van der Waals surface area (Å²) in [7, 11) is 0. The number of nitrogens with zero attached hydrogens (tertiary/aromatic N) is 1. The average molecular weight is 264 g/mol. The number of nitrogens with one attached hydrogen (secondary N) is 1. The van der Waals surface area contributed by atoms with Crippen LogP contribution < -0.4 is 5.32 Å². The quantitative estimate of drug-likeness (QED) is 0.650. The van der Waals surface area contributed by atoms with Crippen molar-refractivity contribution >= 4 is 11.6 Å². The largest absolute Gasteiger partial charge is 0.378 e. The Kier molecular flexibility index (Phi) is 4.46. The Hall–Kier alpha value is -1.95. The summed E-state index contributed by atoms with van der Waals surface area (Å²) in [6, 6.07) is 5.94. The molecule has 0 aromatic heterocycles. The van der Waals surface area contributed by atoms with Crippen LogP contribution in [0.2, 0.25) is 0 Å². The Bertz CT molecular complexity index is 469. The van der Waals surface area contributed by atoms with Crippen molar-refractivity contribution in [2.45, 2.75) is 25.4 Å². The maximum Gasteiger partial charge on any atom is 0.282 e. The summed E-state index contributed by atoms with van der Waals surface area (Å²) in [4.78, 5) is 22.2. The zero-order chi connectivity index (χ0) is 13.7. The molecule has 2 rings (SSSR count). The topological polar surface area (TPSA) is 81.5 Å². The molecule has 0 bridgehead atoms. The van der Waals surface area contributed by atoms with Gasteiger partial charge in [-0.1, -0.05) is 12.1 Å². The predicted octanol–water partition coefficient (Wildman–Crippen LogP) is 1.89. The van der Waals surface area contributed by atoms with Gasteiger partial charge in [0.25, 0.3) is 11.6 Å². The lowest BCUT2D eigenvalue weighted by atomic mass is 10.1. The van der Waals surface area contributed by atoms with Crippen LogP contribution in [0.25, 0.3) is 0 Å². The Morgan fingerprint density at radius 2 is 2.26 bits per heavy atom. The molecule has 102 valence electrons. The smallest absolute Gasteiger partial charge is 0.282 e. The maximum absolute atomic E-state index is 11.9. The lowest BCUT2D eigenvalue weighted by Gasteiger charge is -2.10. The van der Waals surface area contributed by atoms with Gasteiger partial charge in [-0.3, -0.25) is 14.9 Å². The molecule has 19 heavy (non-hydrogen) atoms. The predicted molar refractivity (Wildman–Crippen MR) is 69.0 cm³/mol. The molecule has 6 nitrogen and oxygen atoms in total. The highest BCUT2D eigenvalue weighted by molar-refractivity contribution is 5.98. The van der Waals surface area contributed by atoms with Gasteiger partial charge in [-0.05, 0) is 25.3 Å². The van der Waals surface area contributed by atoms with Gasteiger partial charge in [0, 0.05) is 19.2 Å². The third kappa shape index (κ3) is 3.51. The van der Waals surface area contributed by atoms with Gasteiger partial charge in [0.05, 0.1) is 11.0 Å². The Morgan fingerprint density at radius 1 is 1.47 bits per heavy atom. The summed E-state index contributed by atoms with van der Waals surface area (Å²) >= 11 is 0. The molecule has 1 amide bonds. The van der Waals surface area contributed by atoms with Crippen LogP contribution in [0.3, 0.4) is 0 Å². The minimum atomic E-state index is -0.547. The third-order valence-corrected chi connectivity index (χ3v) is 3.12. The zero-order valence-electron chi connectivity index (χ0n) is 10.5. The number of amides is 1. The fraction of sp³-hybridized carbons (Fsp3) is 0.462. The highest BCUT2D eigenvalue weighted by atomic mass is 16.6. The Morgan fingerprint density at radius 3 is 2.95 bits per heavy atom. The van der Waals surface area contributed by atoms with Crippen molar-refractivity contribution in [3.05, 3.63) is 39.9 Å². The van der Waals surface area contributed by atoms with E-state index in [0.717, 1.165) is 25.9 Å². The summed E-state index contributed by atoms with van der Waals surface area (Å²) in [5.41, 5.74) is -0.0723. The molecule has 1 aliphatic rings. The van der Waals surface area contributed by atoms with Crippen LogP contribution in [0.15, 0.2) is 24.3 Å². The first-order valence-corrected chi connectivity index (χ1v) is 6.31. The van der Waals surface area contributed by atoms with Gasteiger partial charge in [0.2, 0.25) is 0 Å². The molecule has 1 aliphatic heterocycles. The van der Waals surface area contributed by atoms with E-state index in [1.807, 2.05) is 0 Å². The monoisotopic (exact) mass is 264 g/mol. The number of nitro benzene ring substituents is 1. The van der Waals surface area contributed by atoms with Crippen molar-refractivity contribution in [2.24, 2.45) is 0 Å². The minimum absolute atomic E-state index is 0.0971. The van der Waals surface area contributed by atoms with E-state index in [2.05, 4.69) is 5.32 Å². The van der Waals surface area contributed by atoms with E-state index < -0.39 is 10.8 Å². The maximum atomic E-state index is 11.9. The number of nitro groups is 1. The number of hydrogen-bond donors (Lipinski definition) is 1. The van der Waals surface area contributed by atoms with Crippen molar-refractivity contribution in [1.29, 1.82) is 0 Å². The molecule has 1 fully saturated rings. The number of benzene rings is 1. The molecular formula is C13H16N2O4. The standard InChI is InChI=1S/C13H16N2O4/c16-13(14-8-7-10-4-3-9-19-10)11-5-1-2-6-12(11)15(17)18/h1-2,5-6,10H,3-4,7-9H2,(H,14,16)/t10-/m1/s1. The number of carbonyl (C=O) groups excluding carboxylic acids is 1. The van der Waals surface area contributed by atoms with E-state index >= 15 is 0 Å². The lowest BCUT2D eigenvalue weighted by Crippen LogP contribution is -2.27. The van der Waals surface area contributed by atoms with Gasteiger partial charge in [-0.2, -0.15) is 0 Å². The molecule has 1 aromatic carbocycles. The summed E-state index contributed by atoms with van der Waals surface area (Å²) in [5, 5.41) is 13.5. The van der Waals surface area contributed by atoms with Gasteiger partial charge in [-0.15, -0.1) is 0 Å². The third-order valence-electron chi connectivity index (χ3n) is 3.12. The summed E-state index contributed by atoms with van der Waals surface area (Å²) in [6.45, 7) is 1.25. The molecule has 1 heterocycles. The molecule has 1 saturated heterocycles. The van der Waals surface area contributed by atoms with Crippen molar-refractivity contribution in [1.82, 2.24) is 5.32 Å². The fourth-order valence-corrected chi connectivity index (χ4v) is 2.14. The highest BCUT2D eigenvalue weighted by Crippen LogP contribution is 2.18. The summed E-state index contributed by atoms with van der Waals surface area (Å²) in [5.74, 6) is -0.412. The van der Waals surface area contributed by atoms with E-state index in [-0.39, 0.29) is 17.4 Å². The van der Waals surface area contributed by atoms with Crippen LogP contribution in [0.1, 0.15) is 29.6 Å². The molecule has 0 spiro atoms. The molecule has 0 aliphatic carbocycles. The molecule has 1 atom stereocenters. The fourth-order valence-electron chi connectivity index (χ4n) is 2.14. The summed E-state index contributed by atoms with van der Waals surface area (Å²) < 4.78 is 5.44. The van der Waals surface area contributed by atoms with Crippen LogP contribution in [0.5, 0.6) is 0 Å². The van der Waals surface area contributed by atoms with Crippen molar-refractivity contribution in [2.75, 3.05) is 13.2 Å². The molecule has 6 heteroatoms. The molecule has 1 N–H and O–H groups in total. The van der Waals surface area contributed by atoms with Crippen LogP contribution >= 0.6 is 0 Å². The number of carbonyl (C=O) groups is 1. The second-order valence-corrected chi connectivity index (χ2v) is 4.45. The minimum Gasteiger partial charge on any atom is -0.378 e. The first-order valence-electron chi connectivity index (χ1n) is 6.31. The second kappa shape index (κ2) is 6.29. The Balaban J connectivity index is 1.90. The van der Waals surface area contributed by atoms with E-state index in [9.17, 15) is 14.9 Å². The van der Waals surface area contributed by atoms with Crippen molar-refractivity contribution < 1.29 is 14.5 Å². The summed E-state index contributed by atoms with van der Waals surface area (Å²) in [6.07, 6.45) is 3.02. The van der Waals surface area contributed by atoms with Crippen LogP contribution in [0, 0.1) is 10.1 Å². The average Bonchev–Trinajstić information content (AvgIpc) is 2.91. The van der Waals surface area contributed by atoms with Gasteiger partial charge >= 0.3 is 0 Å². The number of para-hydroxylation sites is 1. The van der Waals surface area contributed by atoms with Gasteiger partial charge in [0.15, 0.2) is 0 Å². The first-order chi connectivity index (χ1) is 9.18. The van der Waals surface area contributed by atoms with E-state index in [0.29, 0.717) is 6.54 Å². The van der Waals surface area contributed by atoms with Crippen LogP contribution in [-0.4, -0.2) is 30.1 Å². The van der Waals surface area contributed by atoms with E-state index in [1.165, 1.54) is 12.1 Å². The van der Waals surface area contributed by atoms with Gasteiger partial charge < -0.3 is 10.1 Å². The first kappa shape index (κ1) is 13.5. The van der Waals surface area contributed by atoms with Crippen molar-refractivity contribution in [3.8, 4) is 0 Å². The lowest BCUT2D eigenvalue weighted by molar-refractivity contribution is -0.385. The number of ether oxygens (including phenoxy) is 1. The van der Waals surface area contributed by atoms with Crippen LogP contribution in [0.4, 0.5) is 5.69 Å². The van der Waals surface area contributed by atoms with E-state index in [4.69, 9.17) is 4.74 Å². The Labute approximate surface area is 110 Å². The second-order valence-electron chi connectivity index (χ2n) is 4.45. The van der Waals surface area contributed by atoms with Gasteiger partial charge in [-0.25, -0.2) is 0 Å². The molecular weight excluding hydrogens is 248 g/mol. The van der Waals surface area contributed by atoms with Crippen LogP contribution in [-0.2, 0) is 4.74 Å². The SMILES string of the molecule is O=C(NCC[C@H]1CCCO1)c1ccccc1[N+](=O)[O-]. The molecule has 1 aromatic rings. The molecule has 0 saturated carbocycles. The molecule has 0 unspecified atom stereocenters. The zero-order valence-corrected chi connectivity index (χ0v) is 10.5. The highest BCUT2D eigenvalue weighted by Gasteiger charge is 2.20. The van der Waals surface area contributed by atoms with E-state index in [1.54, 1.807) is 12.1 Å². The van der Waals surface area contributed by atoms with Gasteiger partial charge in [0.1, 0.15) is 5.56 Å². The van der Waals surface area contributed by atoms with Crippen molar-refractivity contribution in [3.63, 3.8) is 0 Å². The number of rotatable bonds is 5.